The molecule has 1 aliphatic rings. The number of ether oxygens (including phenoxy) is 1. The molecule has 1 aliphatic carbocycles. The smallest absolute Gasteiger partial charge is 0.123 e. The van der Waals surface area contributed by atoms with Gasteiger partial charge in [0.05, 0.1) is 11.7 Å². The van der Waals surface area contributed by atoms with E-state index < -0.39 is 0 Å². The highest BCUT2D eigenvalue weighted by Gasteiger charge is 2.24. The van der Waals surface area contributed by atoms with E-state index in [1.54, 1.807) is 0 Å². The third kappa shape index (κ3) is 3.71. The second-order valence-corrected chi connectivity index (χ2v) is 7.50. The minimum absolute atomic E-state index is 0.246. The van der Waals surface area contributed by atoms with E-state index in [1.165, 1.54) is 12.8 Å². The zero-order chi connectivity index (χ0) is 17.9. The molecule has 0 bridgehead atoms. The molecule has 0 saturated heterocycles. The normalized spacial score (nSPS) is 20.4. The number of hydrogen-bond donors (Lipinski definition) is 2. The molecular weight excluding hydrogens is 346 g/mol. The quantitative estimate of drug-likeness (QED) is 0.665. The zero-order valence-electron chi connectivity index (χ0n) is 15.0. The fourth-order valence-electron chi connectivity index (χ4n) is 3.78. The SMILES string of the molecule is Cc1c(O[C@H]2CCC[C@@H](NCc3ccccc3Cl)C2)ccc2[nH]ncc12. The van der Waals surface area contributed by atoms with Gasteiger partial charge in [0, 0.05) is 28.6 Å². The predicted octanol–water partition coefficient (Wildman–Crippen LogP) is 5.00. The first-order chi connectivity index (χ1) is 12.7. The lowest BCUT2D eigenvalue weighted by atomic mass is 9.92. The molecule has 0 radical (unpaired) electrons. The van der Waals surface area contributed by atoms with Crippen molar-refractivity contribution >= 4 is 22.5 Å². The Bertz CT molecular complexity index is 892. The molecule has 1 saturated carbocycles. The first-order valence-corrected chi connectivity index (χ1v) is 9.64. The van der Waals surface area contributed by atoms with Crippen LogP contribution in [0.25, 0.3) is 10.9 Å². The van der Waals surface area contributed by atoms with Crippen LogP contribution in [0.4, 0.5) is 0 Å². The van der Waals surface area contributed by atoms with Gasteiger partial charge in [0.25, 0.3) is 0 Å². The van der Waals surface area contributed by atoms with E-state index in [0.29, 0.717) is 6.04 Å². The van der Waals surface area contributed by atoms with E-state index in [0.717, 1.165) is 52.2 Å². The summed E-state index contributed by atoms with van der Waals surface area (Å²) in [5, 5.41) is 12.7. The summed E-state index contributed by atoms with van der Waals surface area (Å²) in [4.78, 5) is 0. The lowest BCUT2D eigenvalue weighted by Crippen LogP contribution is -2.37. The van der Waals surface area contributed by atoms with Gasteiger partial charge in [-0.1, -0.05) is 29.8 Å². The largest absolute Gasteiger partial charge is 0.490 e. The number of fused-ring (bicyclic) bond motifs is 1. The van der Waals surface area contributed by atoms with Crippen molar-refractivity contribution < 1.29 is 4.74 Å². The van der Waals surface area contributed by atoms with E-state index >= 15 is 0 Å². The molecule has 0 amide bonds. The van der Waals surface area contributed by atoms with E-state index in [4.69, 9.17) is 16.3 Å². The number of benzene rings is 2. The van der Waals surface area contributed by atoms with Crippen LogP contribution in [0.15, 0.2) is 42.6 Å². The average molecular weight is 370 g/mol. The van der Waals surface area contributed by atoms with Crippen LogP contribution in [0.3, 0.4) is 0 Å². The third-order valence-electron chi connectivity index (χ3n) is 5.30. The molecule has 3 aromatic rings. The van der Waals surface area contributed by atoms with Crippen molar-refractivity contribution in [1.82, 2.24) is 15.5 Å². The molecule has 4 rings (SSSR count). The lowest BCUT2D eigenvalue weighted by Gasteiger charge is -2.31. The first kappa shape index (κ1) is 17.4. The van der Waals surface area contributed by atoms with Crippen LogP contribution in [-0.4, -0.2) is 22.3 Å². The number of aryl methyl sites for hydroxylation is 1. The van der Waals surface area contributed by atoms with Crippen molar-refractivity contribution in [3.8, 4) is 5.75 Å². The second kappa shape index (κ2) is 7.68. The van der Waals surface area contributed by atoms with Gasteiger partial charge in [0.2, 0.25) is 0 Å². The molecule has 5 heteroatoms. The van der Waals surface area contributed by atoms with Gasteiger partial charge >= 0.3 is 0 Å². The van der Waals surface area contributed by atoms with E-state index in [9.17, 15) is 0 Å². The summed E-state index contributed by atoms with van der Waals surface area (Å²) in [6.45, 7) is 2.90. The maximum Gasteiger partial charge on any atom is 0.123 e. The molecule has 2 atom stereocenters. The Balaban J connectivity index is 1.38. The molecule has 136 valence electrons. The summed E-state index contributed by atoms with van der Waals surface area (Å²) in [5.74, 6) is 0.968. The van der Waals surface area contributed by atoms with Crippen molar-refractivity contribution in [3.63, 3.8) is 0 Å². The Labute approximate surface area is 158 Å². The Kier molecular flexibility index (Phi) is 5.14. The lowest BCUT2D eigenvalue weighted by molar-refractivity contribution is 0.133. The van der Waals surface area contributed by atoms with Gasteiger partial charge in [-0.3, -0.25) is 5.10 Å². The van der Waals surface area contributed by atoms with Gasteiger partial charge in [-0.15, -0.1) is 0 Å². The minimum Gasteiger partial charge on any atom is -0.490 e. The number of halogens is 1. The summed E-state index contributed by atoms with van der Waals surface area (Å²) >= 11 is 6.26. The summed E-state index contributed by atoms with van der Waals surface area (Å²) < 4.78 is 6.36. The van der Waals surface area contributed by atoms with Crippen molar-refractivity contribution in [2.75, 3.05) is 0 Å². The maximum atomic E-state index is 6.36. The first-order valence-electron chi connectivity index (χ1n) is 9.27. The summed E-state index contributed by atoms with van der Waals surface area (Å²) in [7, 11) is 0. The molecule has 1 heterocycles. The molecular formula is C21H24ClN3O. The fourth-order valence-corrected chi connectivity index (χ4v) is 3.98. The summed E-state index contributed by atoms with van der Waals surface area (Å²) in [6, 6.07) is 12.6. The Morgan fingerprint density at radius 2 is 2.12 bits per heavy atom. The molecule has 0 spiro atoms. The van der Waals surface area contributed by atoms with Crippen molar-refractivity contribution in [2.45, 2.75) is 51.3 Å². The third-order valence-corrected chi connectivity index (χ3v) is 5.67. The number of nitrogens with zero attached hydrogens (tertiary/aromatic N) is 1. The molecule has 0 unspecified atom stereocenters. The monoisotopic (exact) mass is 369 g/mol. The number of rotatable bonds is 5. The molecule has 1 fully saturated rings. The highest BCUT2D eigenvalue weighted by atomic mass is 35.5. The van der Waals surface area contributed by atoms with Crippen molar-refractivity contribution in [3.05, 3.63) is 58.7 Å². The van der Waals surface area contributed by atoms with Crippen LogP contribution in [0, 0.1) is 6.92 Å². The van der Waals surface area contributed by atoms with Crippen molar-refractivity contribution in [2.24, 2.45) is 0 Å². The summed E-state index contributed by atoms with van der Waals surface area (Å²) in [6.07, 6.45) is 6.60. The number of H-pyrrole nitrogens is 1. The van der Waals surface area contributed by atoms with Crippen LogP contribution in [0.2, 0.25) is 5.02 Å². The molecule has 2 N–H and O–H groups in total. The molecule has 1 aromatic heterocycles. The van der Waals surface area contributed by atoms with Gasteiger partial charge in [0.1, 0.15) is 11.9 Å². The van der Waals surface area contributed by atoms with E-state index in [1.807, 2.05) is 30.5 Å². The van der Waals surface area contributed by atoms with Crippen LogP contribution >= 0.6 is 11.6 Å². The standard InChI is InChI=1S/C21H24ClN3O/c1-14-18-13-24-25-20(18)9-10-21(14)26-17-7-4-6-16(11-17)23-12-15-5-2-3-8-19(15)22/h2-3,5,8-10,13,16-17,23H,4,6-7,11-12H2,1H3,(H,24,25)/t16-,17+/m1/s1. The number of nitrogens with one attached hydrogen (secondary N) is 2. The Morgan fingerprint density at radius 3 is 3.00 bits per heavy atom. The van der Waals surface area contributed by atoms with Crippen LogP contribution in [-0.2, 0) is 6.54 Å². The summed E-state index contributed by atoms with van der Waals surface area (Å²) in [5.41, 5.74) is 3.36. The second-order valence-electron chi connectivity index (χ2n) is 7.10. The zero-order valence-corrected chi connectivity index (χ0v) is 15.7. The fraction of sp³-hybridized carbons (Fsp3) is 0.381. The highest BCUT2D eigenvalue weighted by molar-refractivity contribution is 6.31. The average Bonchev–Trinajstić information content (AvgIpc) is 3.13. The molecule has 26 heavy (non-hydrogen) atoms. The molecule has 0 aliphatic heterocycles. The van der Waals surface area contributed by atoms with Crippen molar-refractivity contribution in [1.29, 1.82) is 0 Å². The maximum absolute atomic E-state index is 6.36. The van der Waals surface area contributed by atoms with Gasteiger partial charge in [-0.2, -0.15) is 5.10 Å². The Hall–Kier alpha value is -2.04. The number of aromatic amines is 1. The predicted molar refractivity (Wildman–Crippen MR) is 106 cm³/mol. The Morgan fingerprint density at radius 1 is 1.23 bits per heavy atom. The number of hydrogen-bond acceptors (Lipinski definition) is 3. The van der Waals surface area contributed by atoms with Crippen LogP contribution < -0.4 is 10.1 Å². The highest BCUT2D eigenvalue weighted by Crippen LogP contribution is 2.30. The van der Waals surface area contributed by atoms with Crippen LogP contribution in [0.5, 0.6) is 5.75 Å². The van der Waals surface area contributed by atoms with Gasteiger partial charge in [0.15, 0.2) is 0 Å². The van der Waals surface area contributed by atoms with Gasteiger partial charge < -0.3 is 10.1 Å². The molecule has 4 nitrogen and oxygen atoms in total. The van der Waals surface area contributed by atoms with Crippen LogP contribution in [0.1, 0.15) is 36.8 Å². The van der Waals surface area contributed by atoms with E-state index in [2.05, 4.69) is 34.6 Å². The van der Waals surface area contributed by atoms with E-state index in [-0.39, 0.29) is 6.10 Å². The minimum atomic E-state index is 0.246. The molecule has 2 aromatic carbocycles. The van der Waals surface area contributed by atoms with Gasteiger partial charge in [-0.05, 0) is 56.4 Å². The van der Waals surface area contributed by atoms with Gasteiger partial charge in [-0.25, -0.2) is 0 Å². The topological polar surface area (TPSA) is 49.9 Å². The number of aromatic nitrogens is 2.